The zero-order chi connectivity index (χ0) is 13.9. The quantitative estimate of drug-likeness (QED) is 0.876. The highest BCUT2D eigenvalue weighted by Gasteiger charge is 2.21. The standard InChI is InChI=1S/C16H19N3O/c1-11-8-15(13-4-2-3-5-14(13)19-11)17-10-16(20)18-9-12-6-7-12/h2-5,8,12H,6-7,9-10H2,1H3,(H,17,19)(H,18,20). The lowest BCUT2D eigenvalue weighted by atomic mass is 10.1. The van der Waals surface area contributed by atoms with Gasteiger partial charge in [-0.1, -0.05) is 18.2 Å². The minimum absolute atomic E-state index is 0.0513. The molecule has 0 atom stereocenters. The molecule has 1 saturated carbocycles. The van der Waals surface area contributed by atoms with Gasteiger partial charge in [0.2, 0.25) is 5.91 Å². The van der Waals surface area contributed by atoms with Crippen molar-refractivity contribution in [2.45, 2.75) is 19.8 Å². The summed E-state index contributed by atoms with van der Waals surface area (Å²) in [6.45, 7) is 3.08. The van der Waals surface area contributed by atoms with Gasteiger partial charge in [-0.3, -0.25) is 9.78 Å². The van der Waals surface area contributed by atoms with Gasteiger partial charge in [0.25, 0.3) is 0 Å². The van der Waals surface area contributed by atoms with Crippen LogP contribution in [0.25, 0.3) is 10.9 Å². The van der Waals surface area contributed by atoms with Crippen LogP contribution >= 0.6 is 0 Å². The monoisotopic (exact) mass is 269 g/mol. The van der Waals surface area contributed by atoms with Crippen LogP contribution < -0.4 is 10.6 Å². The van der Waals surface area contributed by atoms with E-state index in [4.69, 9.17) is 0 Å². The number of benzene rings is 1. The molecule has 1 heterocycles. The molecule has 0 bridgehead atoms. The van der Waals surface area contributed by atoms with Crippen molar-refractivity contribution in [1.29, 1.82) is 0 Å². The van der Waals surface area contributed by atoms with Crippen molar-refractivity contribution in [3.63, 3.8) is 0 Å². The van der Waals surface area contributed by atoms with Gasteiger partial charge >= 0.3 is 0 Å². The van der Waals surface area contributed by atoms with Crippen molar-refractivity contribution in [1.82, 2.24) is 10.3 Å². The second-order valence-electron chi connectivity index (χ2n) is 5.43. The number of hydrogen-bond donors (Lipinski definition) is 2. The van der Waals surface area contributed by atoms with E-state index in [2.05, 4.69) is 15.6 Å². The number of carbonyl (C=O) groups excluding carboxylic acids is 1. The van der Waals surface area contributed by atoms with E-state index in [1.807, 2.05) is 37.3 Å². The average Bonchev–Trinajstić information content (AvgIpc) is 3.26. The molecule has 4 heteroatoms. The van der Waals surface area contributed by atoms with Crippen LogP contribution in [-0.4, -0.2) is 24.0 Å². The van der Waals surface area contributed by atoms with Crippen LogP contribution in [-0.2, 0) is 4.79 Å². The van der Waals surface area contributed by atoms with Gasteiger partial charge in [-0.25, -0.2) is 0 Å². The smallest absolute Gasteiger partial charge is 0.239 e. The normalized spacial score (nSPS) is 14.2. The van der Waals surface area contributed by atoms with Gasteiger partial charge in [0, 0.05) is 23.3 Å². The minimum Gasteiger partial charge on any atom is -0.376 e. The fourth-order valence-corrected chi connectivity index (χ4v) is 2.27. The first-order valence-corrected chi connectivity index (χ1v) is 7.09. The molecule has 1 fully saturated rings. The van der Waals surface area contributed by atoms with E-state index in [-0.39, 0.29) is 5.91 Å². The number of rotatable bonds is 5. The predicted molar refractivity (Wildman–Crippen MR) is 80.7 cm³/mol. The van der Waals surface area contributed by atoms with Crippen molar-refractivity contribution in [2.24, 2.45) is 5.92 Å². The molecule has 3 rings (SSSR count). The SMILES string of the molecule is Cc1cc(NCC(=O)NCC2CC2)c2ccccc2n1. The molecular weight excluding hydrogens is 250 g/mol. The summed E-state index contributed by atoms with van der Waals surface area (Å²) in [7, 11) is 0. The predicted octanol–water partition coefficient (Wildman–Crippen LogP) is 2.48. The van der Waals surface area contributed by atoms with Crippen LogP contribution in [0.2, 0.25) is 0 Å². The molecular formula is C16H19N3O. The first kappa shape index (κ1) is 12.9. The molecule has 104 valence electrons. The maximum atomic E-state index is 11.8. The molecule has 1 amide bonds. The number of hydrogen-bond acceptors (Lipinski definition) is 3. The second-order valence-corrected chi connectivity index (χ2v) is 5.43. The van der Waals surface area contributed by atoms with Crippen LogP contribution in [0.15, 0.2) is 30.3 Å². The van der Waals surface area contributed by atoms with Crippen molar-refractivity contribution < 1.29 is 4.79 Å². The third kappa shape index (κ3) is 3.07. The molecule has 1 aliphatic rings. The van der Waals surface area contributed by atoms with E-state index in [1.54, 1.807) is 0 Å². The molecule has 2 aromatic rings. The molecule has 0 spiro atoms. The van der Waals surface area contributed by atoms with Crippen LogP contribution in [0, 0.1) is 12.8 Å². The van der Waals surface area contributed by atoms with Gasteiger partial charge in [0.15, 0.2) is 0 Å². The van der Waals surface area contributed by atoms with Gasteiger partial charge in [-0.2, -0.15) is 0 Å². The van der Waals surface area contributed by atoms with Crippen LogP contribution in [0.5, 0.6) is 0 Å². The number of nitrogens with one attached hydrogen (secondary N) is 2. The Morgan fingerprint density at radius 2 is 2.15 bits per heavy atom. The summed E-state index contributed by atoms with van der Waals surface area (Å²) in [5, 5.41) is 7.23. The Morgan fingerprint density at radius 1 is 1.35 bits per heavy atom. The number of aryl methyl sites for hydroxylation is 1. The van der Waals surface area contributed by atoms with Gasteiger partial charge < -0.3 is 10.6 Å². The minimum atomic E-state index is 0.0513. The van der Waals surface area contributed by atoms with E-state index >= 15 is 0 Å². The van der Waals surface area contributed by atoms with Crippen LogP contribution in [0.4, 0.5) is 5.69 Å². The maximum Gasteiger partial charge on any atom is 0.239 e. The summed E-state index contributed by atoms with van der Waals surface area (Å²) in [5.74, 6) is 0.762. The number of anilines is 1. The van der Waals surface area contributed by atoms with Gasteiger partial charge in [-0.15, -0.1) is 0 Å². The number of amides is 1. The number of nitrogens with zero attached hydrogens (tertiary/aromatic N) is 1. The second kappa shape index (κ2) is 5.49. The molecule has 1 aliphatic carbocycles. The molecule has 1 aromatic heterocycles. The van der Waals surface area contributed by atoms with Crippen molar-refractivity contribution in [2.75, 3.05) is 18.4 Å². The molecule has 0 unspecified atom stereocenters. The van der Waals surface area contributed by atoms with Crippen LogP contribution in [0.3, 0.4) is 0 Å². The molecule has 0 aliphatic heterocycles. The maximum absolute atomic E-state index is 11.8. The highest BCUT2D eigenvalue weighted by molar-refractivity contribution is 5.93. The summed E-state index contributed by atoms with van der Waals surface area (Å²) in [6, 6.07) is 9.95. The fourth-order valence-electron chi connectivity index (χ4n) is 2.27. The largest absolute Gasteiger partial charge is 0.376 e. The van der Waals surface area contributed by atoms with Crippen LogP contribution in [0.1, 0.15) is 18.5 Å². The summed E-state index contributed by atoms with van der Waals surface area (Å²) in [5.41, 5.74) is 2.87. The van der Waals surface area contributed by atoms with Crippen molar-refractivity contribution >= 4 is 22.5 Å². The lowest BCUT2D eigenvalue weighted by molar-refractivity contribution is -0.119. The third-order valence-electron chi connectivity index (χ3n) is 3.57. The van der Waals surface area contributed by atoms with E-state index in [1.165, 1.54) is 12.8 Å². The first-order chi connectivity index (χ1) is 9.72. The van der Waals surface area contributed by atoms with Gasteiger partial charge in [0.1, 0.15) is 0 Å². The average molecular weight is 269 g/mol. The number of aromatic nitrogens is 1. The lowest BCUT2D eigenvalue weighted by Gasteiger charge is -2.11. The van der Waals surface area contributed by atoms with Gasteiger partial charge in [0.05, 0.1) is 12.1 Å². The van der Waals surface area contributed by atoms with E-state index in [0.717, 1.165) is 28.8 Å². The van der Waals surface area contributed by atoms with Crippen molar-refractivity contribution in [3.05, 3.63) is 36.0 Å². The molecule has 2 N–H and O–H groups in total. The Balaban J connectivity index is 1.68. The Hall–Kier alpha value is -2.10. The summed E-state index contributed by atoms with van der Waals surface area (Å²) in [6.07, 6.45) is 2.50. The van der Waals surface area contributed by atoms with E-state index in [9.17, 15) is 4.79 Å². The van der Waals surface area contributed by atoms with E-state index < -0.39 is 0 Å². The summed E-state index contributed by atoms with van der Waals surface area (Å²) in [4.78, 5) is 16.3. The summed E-state index contributed by atoms with van der Waals surface area (Å²) < 4.78 is 0. The number of fused-ring (bicyclic) bond motifs is 1. The molecule has 0 radical (unpaired) electrons. The highest BCUT2D eigenvalue weighted by Crippen LogP contribution is 2.27. The number of pyridine rings is 1. The Morgan fingerprint density at radius 3 is 2.95 bits per heavy atom. The number of carbonyl (C=O) groups is 1. The first-order valence-electron chi connectivity index (χ1n) is 7.09. The van der Waals surface area contributed by atoms with Gasteiger partial charge in [-0.05, 0) is 37.8 Å². The Bertz CT molecular complexity index is 635. The zero-order valence-corrected chi connectivity index (χ0v) is 11.6. The molecule has 4 nitrogen and oxygen atoms in total. The third-order valence-corrected chi connectivity index (χ3v) is 3.57. The Kier molecular flexibility index (Phi) is 3.54. The zero-order valence-electron chi connectivity index (χ0n) is 11.6. The Labute approximate surface area is 118 Å². The van der Waals surface area contributed by atoms with Crippen molar-refractivity contribution in [3.8, 4) is 0 Å². The van der Waals surface area contributed by atoms with E-state index in [0.29, 0.717) is 12.5 Å². The lowest BCUT2D eigenvalue weighted by Crippen LogP contribution is -2.31. The number of para-hydroxylation sites is 1. The molecule has 20 heavy (non-hydrogen) atoms. The highest BCUT2D eigenvalue weighted by atomic mass is 16.1. The fraction of sp³-hybridized carbons (Fsp3) is 0.375. The molecule has 0 saturated heterocycles. The summed E-state index contributed by atoms with van der Waals surface area (Å²) >= 11 is 0. The molecule has 1 aromatic carbocycles. The topological polar surface area (TPSA) is 54.0 Å².